The van der Waals surface area contributed by atoms with E-state index in [1.54, 1.807) is 37.4 Å². The first-order valence-electron chi connectivity index (χ1n) is 7.09. The molecule has 1 aliphatic rings. The summed E-state index contributed by atoms with van der Waals surface area (Å²) in [6.45, 7) is 1.19. The minimum atomic E-state index is -1.35. The van der Waals surface area contributed by atoms with Crippen LogP contribution in [0, 0.1) is 0 Å². The zero-order valence-corrected chi connectivity index (χ0v) is 14.1. The van der Waals surface area contributed by atoms with Crippen LogP contribution in [0.15, 0.2) is 36.5 Å². The van der Waals surface area contributed by atoms with E-state index in [2.05, 4.69) is 10.3 Å². The smallest absolute Gasteiger partial charge is 0.325 e. The van der Waals surface area contributed by atoms with Crippen molar-refractivity contribution in [2.24, 2.45) is 0 Å². The molecule has 2 heterocycles. The second kappa shape index (κ2) is 5.96. The SMILES string of the molecule is C[C@@]1(c2ccc(Cl)cc2Cl)NC(=O)N(CC(=O)c2ccc[nH]2)C1=O. The monoisotopic (exact) mass is 365 g/mol. The number of Topliss-reactive ketones (excluding diaryl/α,β-unsaturated/α-hetero) is 1. The quantitative estimate of drug-likeness (QED) is 0.645. The summed E-state index contributed by atoms with van der Waals surface area (Å²) in [5.74, 6) is -0.911. The Labute approximate surface area is 147 Å². The number of H-pyrrole nitrogens is 1. The molecule has 1 saturated heterocycles. The highest BCUT2D eigenvalue weighted by atomic mass is 35.5. The maximum Gasteiger partial charge on any atom is 0.325 e. The fourth-order valence-corrected chi connectivity index (χ4v) is 3.25. The number of benzene rings is 1. The van der Waals surface area contributed by atoms with Crippen molar-refractivity contribution in [1.29, 1.82) is 0 Å². The fourth-order valence-electron chi connectivity index (χ4n) is 2.65. The fraction of sp³-hybridized carbons (Fsp3) is 0.188. The maximum atomic E-state index is 12.8. The molecule has 1 atom stereocenters. The molecule has 124 valence electrons. The van der Waals surface area contributed by atoms with Crippen molar-refractivity contribution in [3.63, 3.8) is 0 Å². The Hall–Kier alpha value is -2.31. The Morgan fingerprint density at radius 1 is 1.25 bits per heavy atom. The molecule has 1 aromatic carbocycles. The van der Waals surface area contributed by atoms with Crippen molar-refractivity contribution in [2.75, 3.05) is 6.54 Å². The molecule has 3 rings (SSSR count). The third-order valence-corrected chi connectivity index (χ3v) is 4.49. The lowest BCUT2D eigenvalue weighted by Crippen LogP contribution is -2.41. The predicted octanol–water partition coefficient (Wildman–Crippen LogP) is 2.97. The molecule has 8 heteroatoms. The Balaban J connectivity index is 1.89. The van der Waals surface area contributed by atoms with Gasteiger partial charge in [-0.1, -0.05) is 29.3 Å². The van der Waals surface area contributed by atoms with Gasteiger partial charge in [0, 0.05) is 21.8 Å². The number of nitrogens with one attached hydrogen (secondary N) is 2. The lowest BCUT2D eigenvalue weighted by Gasteiger charge is -2.23. The summed E-state index contributed by atoms with van der Waals surface area (Å²) in [7, 11) is 0. The number of ketones is 1. The molecule has 3 amide bonds. The molecule has 1 aromatic heterocycles. The van der Waals surface area contributed by atoms with Gasteiger partial charge in [-0.25, -0.2) is 4.79 Å². The first-order valence-corrected chi connectivity index (χ1v) is 7.85. The number of hydrogen-bond donors (Lipinski definition) is 2. The van der Waals surface area contributed by atoms with Crippen molar-refractivity contribution in [1.82, 2.24) is 15.2 Å². The highest BCUT2D eigenvalue weighted by Gasteiger charge is 2.50. The average Bonchev–Trinajstić information content (AvgIpc) is 3.11. The van der Waals surface area contributed by atoms with Crippen molar-refractivity contribution < 1.29 is 14.4 Å². The lowest BCUT2D eigenvalue weighted by atomic mass is 9.92. The van der Waals surface area contributed by atoms with Crippen LogP contribution in [0.2, 0.25) is 10.0 Å². The van der Waals surface area contributed by atoms with Crippen LogP contribution in [0.25, 0.3) is 0 Å². The summed E-state index contributed by atoms with van der Waals surface area (Å²) in [5, 5.41) is 3.28. The van der Waals surface area contributed by atoms with E-state index >= 15 is 0 Å². The molecule has 0 saturated carbocycles. The number of nitrogens with zero attached hydrogens (tertiary/aromatic N) is 1. The molecule has 1 fully saturated rings. The van der Waals surface area contributed by atoms with Crippen molar-refractivity contribution >= 4 is 40.9 Å². The van der Waals surface area contributed by atoms with E-state index in [-0.39, 0.29) is 17.4 Å². The van der Waals surface area contributed by atoms with Crippen LogP contribution in [-0.2, 0) is 10.3 Å². The zero-order chi connectivity index (χ0) is 17.5. The third-order valence-electron chi connectivity index (χ3n) is 3.94. The van der Waals surface area contributed by atoms with Crippen molar-refractivity contribution in [2.45, 2.75) is 12.5 Å². The van der Waals surface area contributed by atoms with Gasteiger partial charge < -0.3 is 10.3 Å². The van der Waals surface area contributed by atoms with E-state index in [0.717, 1.165) is 4.90 Å². The first kappa shape index (κ1) is 16.5. The number of halogens is 2. The van der Waals surface area contributed by atoms with Gasteiger partial charge in [-0.05, 0) is 31.2 Å². The highest BCUT2D eigenvalue weighted by Crippen LogP contribution is 2.34. The summed E-state index contributed by atoms with van der Waals surface area (Å²) in [5.41, 5.74) is -0.607. The van der Waals surface area contributed by atoms with Crippen LogP contribution < -0.4 is 5.32 Å². The molecular weight excluding hydrogens is 353 g/mol. The summed E-state index contributed by atoms with van der Waals surface area (Å²) < 4.78 is 0. The standard InChI is InChI=1S/C16H13Cl2N3O3/c1-16(10-5-4-9(17)7-11(10)18)14(23)21(15(24)20-16)8-13(22)12-3-2-6-19-12/h2-7,19H,8H2,1H3,(H,20,24)/t16-/m0/s1. The van der Waals surface area contributed by atoms with Crippen LogP contribution in [0.4, 0.5) is 4.79 Å². The number of carbonyl (C=O) groups excluding carboxylic acids is 3. The minimum absolute atomic E-state index is 0.260. The Kier molecular flexibility index (Phi) is 4.11. The second-order valence-electron chi connectivity index (χ2n) is 5.58. The molecular formula is C16H13Cl2N3O3. The van der Waals surface area contributed by atoms with Gasteiger partial charge in [0.2, 0.25) is 0 Å². The van der Waals surface area contributed by atoms with Crippen molar-refractivity contribution in [3.8, 4) is 0 Å². The molecule has 0 bridgehead atoms. The molecule has 1 aliphatic heterocycles. The summed E-state index contributed by atoms with van der Waals surface area (Å²) in [6.07, 6.45) is 1.59. The molecule has 0 aliphatic carbocycles. The lowest BCUT2D eigenvalue weighted by molar-refractivity contribution is -0.130. The van der Waals surface area contributed by atoms with Gasteiger partial charge in [0.25, 0.3) is 5.91 Å². The minimum Gasteiger partial charge on any atom is -0.359 e. The van der Waals surface area contributed by atoms with E-state index in [0.29, 0.717) is 16.3 Å². The second-order valence-corrected chi connectivity index (χ2v) is 6.42. The molecule has 0 radical (unpaired) electrons. The van der Waals surface area contributed by atoms with Crippen LogP contribution in [-0.4, -0.2) is 34.2 Å². The van der Waals surface area contributed by atoms with Gasteiger partial charge in [-0.3, -0.25) is 14.5 Å². The van der Waals surface area contributed by atoms with E-state index in [1.807, 2.05) is 0 Å². The Morgan fingerprint density at radius 2 is 2.00 bits per heavy atom. The zero-order valence-electron chi connectivity index (χ0n) is 12.6. The molecule has 0 spiro atoms. The highest BCUT2D eigenvalue weighted by molar-refractivity contribution is 6.35. The van der Waals surface area contributed by atoms with Gasteiger partial charge in [0.15, 0.2) is 5.78 Å². The predicted molar refractivity (Wildman–Crippen MR) is 89.2 cm³/mol. The largest absolute Gasteiger partial charge is 0.359 e. The number of rotatable bonds is 4. The molecule has 2 aromatic rings. The van der Waals surface area contributed by atoms with E-state index in [1.165, 1.54) is 6.07 Å². The van der Waals surface area contributed by atoms with Gasteiger partial charge in [0.05, 0.1) is 12.2 Å². The summed E-state index contributed by atoms with van der Waals surface area (Å²) in [4.78, 5) is 40.8. The van der Waals surface area contributed by atoms with Gasteiger partial charge >= 0.3 is 6.03 Å². The number of hydrogen-bond acceptors (Lipinski definition) is 3. The Morgan fingerprint density at radius 3 is 2.62 bits per heavy atom. The first-order chi connectivity index (χ1) is 11.3. The number of urea groups is 1. The number of imide groups is 1. The van der Waals surface area contributed by atoms with Gasteiger partial charge in [-0.15, -0.1) is 0 Å². The van der Waals surface area contributed by atoms with E-state index < -0.39 is 17.5 Å². The third kappa shape index (κ3) is 2.68. The molecule has 2 N–H and O–H groups in total. The number of aromatic nitrogens is 1. The summed E-state index contributed by atoms with van der Waals surface area (Å²) in [6, 6.07) is 7.26. The van der Waals surface area contributed by atoms with Crippen LogP contribution in [0.5, 0.6) is 0 Å². The van der Waals surface area contributed by atoms with Gasteiger partial charge in [0.1, 0.15) is 5.54 Å². The topological polar surface area (TPSA) is 82.3 Å². The molecule has 6 nitrogen and oxygen atoms in total. The molecule has 24 heavy (non-hydrogen) atoms. The number of amides is 3. The van der Waals surface area contributed by atoms with Crippen LogP contribution in [0.1, 0.15) is 23.0 Å². The maximum absolute atomic E-state index is 12.8. The number of carbonyl (C=O) groups is 3. The normalized spacial score (nSPS) is 20.4. The average molecular weight is 366 g/mol. The van der Waals surface area contributed by atoms with Crippen molar-refractivity contribution in [3.05, 3.63) is 57.8 Å². The van der Waals surface area contributed by atoms with E-state index in [4.69, 9.17) is 23.2 Å². The Bertz CT molecular complexity index is 835. The summed E-state index contributed by atoms with van der Waals surface area (Å²) >= 11 is 12.0. The number of aromatic amines is 1. The van der Waals surface area contributed by atoms with E-state index in [9.17, 15) is 14.4 Å². The van der Waals surface area contributed by atoms with Crippen LogP contribution in [0.3, 0.4) is 0 Å². The van der Waals surface area contributed by atoms with Gasteiger partial charge in [-0.2, -0.15) is 0 Å². The molecule has 0 unspecified atom stereocenters. The van der Waals surface area contributed by atoms with Crippen LogP contribution >= 0.6 is 23.2 Å².